The maximum atomic E-state index is 0. The van der Waals surface area contributed by atoms with E-state index < -0.39 is 0 Å². The standard InChI is InChI=1S/Fe.6H2O/h;6*1H2/q+3;;;;;;/p+6. The first-order valence-electron chi connectivity index (χ1n) is 0. The third-order valence-corrected chi connectivity index (χ3v) is 0. The first-order valence-corrected chi connectivity index (χ1v) is 0. The number of hydrogen-bond donors (Lipinski definition) is 0. The van der Waals surface area contributed by atoms with E-state index in [1.54, 1.807) is 0 Å². The molecule has 7 heavy (non-hydrogen) atoms. The van der Waals surface area contributed by atoms with Crippen molar-refractivity contribution < 1.29 is 49.9 Å². The minimum atomic E-state index is 0. The van der Waals surface area contributed by atoms with Gasteiger partial charge >= 0.3 is 17.1 Å². The summed E-state index contributed by atoms with van der Waals surface area (Å²) in [5.74, 6) is 0. The molecule has 1 radical (unpaired) electrons. The first kappa shape index (κ1) is 3670. The molecule has 0 aliphatic heterocycles. The van der Waals surface area contributed by atoms with Gasteiger partial charge in [-0.15, -0.1) is 0 Å². The van der Waals surface area contributed by atoms with Gasteiger partial charge in [0.2, 0.25) is 0 Å². The second kappa shape index (κ2) is 2240. The Labute approximate surface area is 50.8 Å². The van der Waals surface area contributed by atoms with E-state index in [2.05, 4.69) is 0 Å². The molecule has 0 aromatic rings. The average Bonchev–Trinajstić information content (AvgIpc) is 0. The maximum Gasteiger partial charge on any atom is 3.00 e. The molecule has 0 heterocycles. The first-order chi connectivity index (χ1) is 0. The van der Waals surface area contributed by atoms with Crippen molar-refractivity contribution in [2.75, 3.05) is 0 Å². The molecular weight excluding hydrogens is 152 g/mol. The van der Waals surface area contributed by atoms with Crippen molar-refractivity contribution in [3.05, 3.63) is 0 Å². The largest absolute Gasteiger partial charge is 3.00 e. The molecule has 0 atom stereocenters. The van der Waals surface area contributed by atoms with Crippen LogP contribution in [0.5, 0.6) is 0 Å². The van der Waals surface area contributed by atoms with Gasteiger partial charge < -0.3 is 32.9 Å². The molecular formula is H18FeO6+9. The molecule has 0 aromatic heterocycles. The van der Waals surface area contributed by atoms with Crippen LogP contribution in [-0.4, -0.2) is 0 Å². The third kappa shape index (κ3) is 1470. The van der Waals surface area contributed by atoms with Crippen molar-refractivity contribution in [2.45, 2.75) is 0 Å². The minimum Gasteiger partial charge on any atom is -0.457 e. The molecule has 18 N–H and O–H groups in total. The van der Waals surface area contributed by atoms with Gasteiger partial charge in [-0.25, -0.2) is 0 Å². The van der Waals surface area contributed by atoms with E-state index in [1.165, 1.54) is 0 Å². The minimum absolute atomic E-state index is 0. The van der Waals surface area contributed by atoms with Gasteiger partial charge in [-0.1, -0.05) is 0 Å². The Morgan fingerprint density at radius 2 is 0.286 bits per heavy atom. The Bertz CT molecular complexity index is 4.14. The summed E-state index contributed by atoms with van der Waals surface area (Å²) >= 11 is 0. The van der Waals surface area contributed by atoms with Crippen molar-refractivity contribution in [1.29, 1.82) is 0 Å². The monoisotopic (exact) mass is 170 g/mol. The van der Waals surface area contributed by atoms with Crippen molar-refractivity contribution in [3.8, 4) is 0 Å². The van der Waals surface area contributed by atoms with E-state index in [-0.39, 0.29) is 49.9 Å². The van der Waals surface area contributed by atoms with Crippen LogP contribution in [-0.2, 0) is 49.9 Å². The maximum absolute atomic E-state index is 0. The van der Waals surface area contributed by atoms with Crippen LogP contribution < -0.4 is 0 Å². The van der Waals surface area contributed by atoms with E-state index >= 15 is 0 Å². The smallest absolute Gasteiger partial charge is 0.457 e. The molecule has 0 fully saturated rings. The van der Waals surface area contributed by atoms with Gasteiger partial charge in [-0.2, -0.15) is 0 Å². The summed E-state index contributed by atoms with van der Waals surface area (Å²) in [6.07, 6.45) is 0. The average molecular weight is 170 g/mol. The molecule has 0 aliphatic carbocycles. The van der Waals surface area contributed by atoms with E-state index in [1.807, 2.05) is 0 Å². The Hall–Kier alpha value is 0.279. The van der Waals surface area contributed by atoms with E-state index in [0.717, 1.165) is 0 Å². The van der Waals surface area contributed by atoms with Crippen LogP contribution in [0.2, 0.25) is 0 Å². The fraction of sp³-hybridized carbons (Fsp3) is 0. The predicted molar refractivity (Wildman–Crippen MR) is 29.2 cm³/mol. The topological polar surface area (TPSA) is 198 Å². The molecule has 0 bridgehead atoms. The second-order valence-corrected chi connectivity index (χ2v) is 0. The van der Waals surface area contributed by atoms with Gasteiger partial charge in [0.15, 0.2) is 0 Å². The van der Waals surface area contributed by atoms with Crippen molar-refractivity contribution in [3.63, 3.8) is 0 Å². The van der Waals surface area contributed by atoms with Gasteiger partial charge in [0.1, 0.15) is 0 Å². The van der Waals surface area contributed by atoms with E-state index in [9.17, 15) is 0 Å². The predicted octanol–water partition coefficient (Wildman–Crippen LogP) is -5.53. The molecule has 0 saturated heterocycles. The van der Waals surface area contributed by atoms with Gasteiger partial charge in [0, 0.05) is 0 Å². The van der Waals surface area contributed by atoms with Crippen molar-refractivity contribution in [1.82, 2.24) is 0 Å². The second-order valence-electron chi connectivity index (χ2n) is 0. The molecule has 7 heteroatoms. The quantitative estimate of drug-likeness (QED) is 0.246. The molecule has 0 aliphatic rings. The fourth-order valence-corrected chi connectivity index (χ4v) is 0. The normalized spacial score (nSPS) is 0. The van der Waals surface area contributed by atoms with Crippen LogP contribution in [0.3, 0.4) is 0 Å². The summed E-state index contributed by atoms with van der Waals surface area (Å²) in [6, 6.07) is 0. The summed E-state index contributed by atoms with van der Waals surface area (Å²) in [6.45, 7) is 0. The summed E-state index contributed by atoms with van der Waals surface area (Å²) < 4.78 is 0. The molecule has 0 unspecified atom stereocenters. The zero-order valence-corrected chi connectivity index (χ0v) is 4.92. The Morgan fingerprint density at radius 3 is 0.286 bits per heavy atom. The van der Waals surface area contributed by atoms with Crippen LogP contribution in [0.4, 0.5) is 0 Å². The van der Waals surface area contributed by atoms with Gasteiger partial charge in [-0.05, 0) is 0 Å². The Morgan fingerprint density at radius 1 is 0.286 bits per heavy atom. The van der Waals surface area contributed by atoms with Crippen molar-refractivity contribution >= 4 is 0 Å². The van der Waals surface area contributed by atoms with Crippen molar-refractivity contribution in [2.24, 2.45) is 0 Å². The molecule has 0 spiro atoms. The summed E-state index contributed by atoms with van der Waals surface area (Å²) in [7, 11) is 0. The zero-order valence-electron chi connectivity index (χ0n) is 3.82. The molecule has 0 amide bonds. The molecule has 6 nitrogen and oxygen atoms in total. The molecule has 0 rings (SSSR count). The Balaban J connectivity index is 0. The zero-order chi connectivity index (χ0) is 0. The number of rotatable bonds is 0. The summed E-state index contributed by atoms with van der Waals surface area (Å²) in [5, 5.41) is 0. The van der Waals surface area contributed by atoms with Gasteiger partial charge in [0.25, 0.3) is 0 Å². The fourth-order valence-electron chi connectivity index (χ4n) is 0. The van der Waals surface area contributed by atoms with Crippen LogP contribution in [0.1, 0.15) is 0 Å². The molecule has 53 valence electrons. The van der Waals surface area contributed by atoms with Gasteiger partial charge in [-0.3, -0.25) is 0 Å². The van der Waals surface area contributed by atoms with Crippen LogP contribution >= 0.6 is 0 Å². The summed E-state index contributed by atoms with van der Waals surface area (Å²) in [5.41, 5.74) is 0. The van der Waals surface area contributed by atoms with Crippen LogP contribution in [0.15, 0.2) is 0 Å². The Kier molecular flexibility index (Phi) is 1180000. The van der Waals surface area contributed by atoms with E-state index in [4.69, 9.17) is 0 Å². The molecule has 0 saturated carbocycles. The van der Waals surface area contributed by atoms with Gasteiger partial charge in [0.05, 0.1) is 0 Å². The van der Waals surface area contributed by atoms with Crippen LogP contribution in [0, 0.1) is 0 Å². The van der Waals surface area contributed by atoms with Crippen LogP contribution in [0.25, 0.3) is 0 Å². The third-order valence-electron chi connectivity index (χ3n) is 0. The SMILES string of the molecule is [Fe+3].[OH3+].[OH3+].[OH3+].[OH3+].[OH3+].[OH3+]. The van der Waals surface area contributed by atoms with E-state index in [0.29, 0.717) is 0 Å². The number of hydrogen-bond acceptors (Lipinski definition) is 0. The molecule has 0 aromatic carbocycles. The summed E-state index contributed by atoms with van der Waals surface area (Å²) in [4.78, 5) is 0.